The molecule has 2 amide bonds. The van der Waals surface area contributed by atoms with Crippen LogP contribution in [0.1, 0.15) is 27.9 Å². The van der Waals surface area contributed by atoms with Crippen molar-refractivity contribution in [3.63, 3.8) is 0 Å². The molecule has 2 rings (SSSR count). The van der Waals surface area contributed by atoms with Gasteiger partial charge in [-0.25, -0.2) is 0 Å². The molecule has 0 saturated heterocycles. The monoisotopic (exact) mass is 341 g/mol. The van der Waals surface area contributed by atoms with E-state index in [0.717, 1.165) is 16.9 Å². The van der Waals surface area contributed by atoms with Crippen molar-refractivity contribution in [1.82, 2.24) is 15.6 Å². The number of nitrogens with zero attached hydrogens (tertiary/aromatic N) is 1. The number of carbonyl (C=O) groups is 2. The van der Waals surface area contributed by atoms with Crippen molar-refractivity contribution >= 4 is 11.8 Å². The second-order valence-corrected chi connectivity index (χ2v) is 5.69. The van der Waals surface area contributed by atoms with Gasteiger partial charge in [-0.05, 0) is 49.6 Å². The number of benzene rings is 1. The minimum Gasteiger partial charge on any atom is -0.483 e. The molecule has 0 aliphatic carbocycles. The highest BCUT2D eigenvalue weighted by molar-refractivity contribution is 5.93. The van der Waals surface area contributed by atoms with Crippen LogP contribution in [-0.2, 0) is 4.79 Å². The molecule has 0 aliphatic heterocycles. The van der Waals surface area contributed by atoms with Crippen molar-refractivity contribution in [3.05, 3.63) is 59.4 Å². The van der Waals surface area contributed by atoms with E-state index in [4.69, 9.17) is 4.74 Å². The van der Waals surface area contributed by atoms with Gasteiger partial charge in [-0.15, -0.1) is 0 Å². The second-order valence-electron chi connectivity index (χ2n) is 5.69. The molecule has 1 aromatic carbocycles. The molecule has 0 saturated carbocycles. The number of hydrogen-bond acceptors (Lipinski definition) is 4. The van der Waals surface area contributed by atoms with Gasteiger partial charge in [0.1, 0.15) is 5.75 Å². The number of amides is 2. The van der Waals surface area contributed by atoms with Gasteiger partial charge >= 0.3 is 0 Å². The molecule has 2 aromatic rings. The molecule has 132 valence electrons. The minimum absolute atomic E-state index is 0.0215. The smallest absolute Gasteiger partial charge is 0.257 e. The number of aromatic nitrogens is 1. The van der Waals surface area contributed by atoms with Crippen molar-refractivity contribution in [2.24, 2.45) is 0 Å². The maximum Gasteiger partial charge on any atom is 0.257 e. The molecule has 0 unspecified atom stereocenters. The Bertz CT molecular complexity index is 717. The molecule has 0 radical (unpaired) electrons. The van der Waals surface area contributed by atoms with Crippen molar-refractivity contribution in [3.8, 4) is 5.75 Å². The van der Waals surface area contributed by atoms with Gasteiger partial charge in [-0.2, -0.15) is 0 Å². The Kier molecular flexibility index (Phi) is 6.95. The first-order chi connectivity index (χ1) is 12.1. The van der Waals surface area contributed by atoms with Gasteiger partial charge < -0.3 is 15.4 Å². The maximum absolute atomic E-state index is 11.8. The standard InChI is InChI=1S/C19H23N3O3/c1-14-6-3-8-17(15(14)2)25-13-18(23)21-10-5-11-22-19(24)16-7-4-9-20-12-16/h3-4,6-9,12H,5,10-11,13H2,1-2H3,(H,21,23)(H,22,24). The highest BCUT2D eigenvalue weighted by Crippen LogP contribution is 2.20. The summed E-state index contributed by atoms with van der Waals surface area (Å²) in [5.74, 6) is 0.371. The summed E-state index contributed by atoms with van der Waals surface area (Å²) in [4.78, 5) is 27.5. The van der Waals surface area contributed by atoms with Crippen LogP contribution in [0.5, 0.6) is 5.75 Å². The quantitative estimate of drug-likeness (QED) is 0.720. The molecular weight excluding hydrogens is 318 g/mol. The van der Waals surface area contributed by atoms with Crippen LogP contribution >= 0.6 is 0 Å². The molecule has 1 aromatic heterocycles. The molecule has 0 spiro atoms. The summed E-state index contributed by atoms with van der Waals surface area (Å²) in [5.41, 5.74) is 2.68. The molecular formula is C19H23N3O3. The van der Waals surface area contributed by atoms with Crippen LogP contribution < -0.4 is 15.4 Å². The first-order valence-corrected chi connectivity index (χ1v) is 8.22. The number of rotatable bonds is 8. The van der Waals surface area contributed by atoms with E-state index in [-0.39, 0.29) is 18.4 Å². The third-order valence-corrected chi connectivity index (χ3v) is 3.80. The number of ether oxygens (including phenoxy) is 1. The van der Waals surface area contributed by atoms with Crippen LogP contribution in [0.4, 0.5) is 0 Å². The predicted octanol–water partition coefficient (Wildman–Crippen LogP) is 2.01. The average molecular weight is 341 g/mol. The highest BCUT2D eigenvalue weighted by atomic mass is 16.5. The molecule has 6 heteroatoms. The Morgan fingerprint density at radius 2 is 1.88 bits per heavy atom. The van der Waals surface area contributed by atoms with E-state index < -0.39 is 0 Å². The molecule has 0 bridgehead atoms. The zero-order valence-electron chi connectivity index (χ0n) is 14.5. The molecule has 0 fully saturated rings. The lowest BCUT2D eigenvalue weighted by molar-refractivity contribution is -0.123. The molecule has 6 nitrogen and oxygen atoms in total. The molecule has 2 N–H and O–H groups in total. The lowest BCUT2D eigenvalue weighted by atomic mass is 10.1. The fourth-order valence-corrected chi connectivity index (χ4v) is 2.19. The fraction of sp³-hybridized carbons (Fsp3) is 0.316. The van der Waals surface area contributed by atoms with E-state index in [0.29, 0.717) is 25.1 Å². The third kappa shape index (κ3) is 5.91. The van der Waals surface area contributed by atoms with Gasteiger partial charge in [0.25, 0.3) is 11.8 Å². The molecule has 1 heterocycles. The van der Waals surface area contributed by atoms with E-state index in [1.54, 1.807) is 18.3 Å². The van der Waals surface area contributed by atoms with Crippen LogP contribution in [-0.4, -0.2) is 36.5 Å². The Labute approximate surface area is 147 Å². The molecule has 25 heavy (non-hydrogen) atoms. The van der Waals surface area contributed by atoms with Crippen LogP contribution in [0.2, 0.25) is 0 Å². The lowest BCUT2D eigenvalue weighted by Gasteiger charge is -2.11. The summed E-state index contributed by atoms with van der Waals surface area (Å²) in [6, 6.07) is 9.17. The predicted molar refractivity (Wildman–Crippen MR) is 95.6 cm³/mol. The summed E-state index contributed by atoms with van der Waals surface area (Å²) < 4.78 is 5.54. The molecule has 0 aliphatic rings. The van der Waals surface area contributed by atoms with Crippen molar-refractivity contribution in [1.29, 1.82) is 0 Å². The first-order valence-electron chi connectivity index (χ1n) is 8.22. The van der Waals surface area contributed by atoms with Crippen LogP contribution in [0.15, 0.2) is 42.7 Å². The normalized spacial score (nSPS) is 10.2. The number of aryl methyl sites for hydroxylation is 1. The van der Waals surface area contributed by atoms with E-state index in [9.17, 15) is 9.59 Å². The summed E-state index contributed by atoms with van der Waals surface area (Å²) in [7, 11) is 0. The van der Waals surface area contributed by atoms with Crippen molar-refractivity contribution in [2.45, 2.75) is 20.3 Å². The van der Waals surface area contributed by atoms with Crippen LogP contribution in [0.25, 0.3) is 0 Å². The number of pyridine rings is 1. The molecule has 0 atom stereocenters. The van der Waals surface area contributed by atoms with E-state index in [2.05, 4.69) is 15.6 Å². The summed E-state index contributed by atoms with van der Waals surface area (Å²) in [6.45, 7) is 4.90. The van der Waals surface area contributed by atoms with E-state index in [1.807, 2.05) is 32.0 Å². The van der Waals surface area contributed by atoms with Gasteiger partial charge in [0.05, 0.1) is 5.56 Å². The van der Waals surface area contributed by atoms with Gasteiger partial charge in [0, 0.05) is 25.5 Å². The number of hydrogen-bond donors (Lipinski definition) is 2. The Morgan fingerprint density at radius 1 is 1.08 bits per heavy atom. The maximum atomic E-state index is 11.8. The largest absolute Gasteiger partial charge is 0.483 e. The van der Waals surface area contributed by atoms with Crippen LogP contribution in [0.3, 0.4) is 0 Å². The van der Waals surface area contributed by atoms with Crippen LogP contribution in [0, 0.1) is 13.8 Å². The highest BCUT2D eigenvalue weighted by Gasteiger charge is 2.06. The van der Waals surface area contributed by atoms with Gasteiger partial charge in [0.2, 0.25) is 0 Å². The van der Waals surface area contributed by atoms with Crippen molar-refractivity contribution < 1.29 is 14.3 Å². The summed E-state index contributed by atoms with van der Waals surface area (Å²) >= 11 is 0. The fourth-order valence-electron chi connectivity index (χ4n) is 2.19. The zero-order chi connectivity index (χ0) is 18.1. The lowest BCUT2D eigenvalue weighted by Crippen LogP contribution is -2.32. The minimum atomic E-state index is -0.181. The summed E-state index contributed by atoms with van der Waals surface area (Å²) in [5, 5.41) is 5.56. The number of nitrogens with one attached hydrogen (secondary N) is 2. The van der Waals surface area contributed by atoms with Gasteiger partial charge in [-0.3, -0.25) is 14.6 Å². The Hall–Kier alpha value is -2.89. The van der Waals surface area contributed by atoms with E-state index >= 15 is 0 Å². The average Bonchev–Trinajstić information content (AvgIpc) is 2.63. The first kappa shape index (κ1) is 18.4. The summed E-state index contributed by atoms with van der Waals surface area (Å²) in [6.07, 6.45) is 3.77. The van der Waals surface area contributed by atoms with Gasteiger partial charge in [-0.1, -0.05) is 12.1 Å². The Balaban J connectivity index is 1.61. The Morgan fingerprint density at radius 3 is 2.64 bits per heavy atom. The van der Waals surface area contributed by atoms with E-state index in [1.165, 1.54) is 6.20 Å². The van der Waals surface area contributed by atoms with Crippen molar-refractivity contribution in [2.75, 3.05) is 19.7 Å². The SMILES string of the molecule is Cc1cccc(OCC(=O)NCCCNC(=O)c2cccnc2)c1C. The number of carbonyl (C=O) groups excluding carboxylic acids is 2. The second kappa shape index (κ2) is 9.42. The van der Waals surface area contributed by atoms with Gasteiger partial charge in [0.15, 0.2) is 6.61 Å². The topological polar surface area (TPSA) is 80.3 Å². The zero-order valence-corrected chi connectivity index (χ0v) is 14.5. The third-order valence-electron chi connectivity index (χ3n) is 3.80.